The number of benzene rings is 2. The summed E-state index contributed by atoms with van der Waals surface area (Å²) in [4.78, 5) is 4.32. The quantitative estimate of drug-likeness (QED) is 0.629. The molecule has 0 spiro atoms. The molecule has 3 heteroatoms. The van der Waals surface area contributed by atoms with Gasteiger partial charge in [0.1, 0.15) is 11.3 Å². The van der Waals surface area contributed by atoms with E-state index in [1.807, 2.05) is 31.2 Å². The summed E-state index contributed by atoms with van der Waals surface area (Å²) < 4.78 is 18.5. The highest BCUT2D eigenvalue weighted by atomic mass is 19.1. The number of fused-ring (bicyclic) bond motifs is 1. The van der Waals surface area contributed by atoms with E-state index < -0.39 is 0 Å². The number of aromatic nitrogens is 1. The van der Waals surface area contributed by atoms with Crippen molar-refractivity contribution >= 4 is 11.1 Å². The van der Waals surface area contributed by atoms with Gasteiger partial charge < -0.3 is 4.42 Å². The normalized spacial score (nSPS) is 10.9. The van der Waals surface area contributed by atoms with Crippen molar-refractivity contribution in [1.82, 2.24) is 4.98 Å². The minimum absolute atomic E-state index is 0.316. The van der Waals surface area contributed by atoms with E-state index in [1.165, 1.54) is 17.7 Å². The lowest BCUT2D eigenvalue weighted by Crippen LogP contribution is -1.77. The van der Waals surface area contributed by atoms with Crippen molar-refractivity contribution in [3.8, 4) is 11.5 Å². The predicted octanol–water partition coefficient (Wildman–Crippen LogP) is 3.94. The van der Waals surface area contributed by atoms with Crippen molar-refractivity contribution in [3.05, 3.63) is 53.8 Å². The number of nitrogens with zero attached hydrogens (tertiary/aromatic N) is 1. The number of rotatable bonds is 1. The van der Waals surface area contributed by atoms with Crippen LogP contribution in [0.25, 0.3) is 22.6 Å². The van der Waals surface area contributed by atoms with E-state index in [0.717, 1.165) is 5.56 Å². The van der Waals surface area contributed by atoms with Gasteiger partial charge in [0.2, 0.25) is 5.89 Å². The van der Waals surface area contributed by atoms with Crippen molar-refractivity contribution in [3.63, 3.8) is 0 Å². The first-order chi connectivity index (χ1) is 8.22. The second-order valence-electron chi connectivity index (χ2n) is 4.00. The standard InChI is InChI=1S/C14H10FNO/c1-9-2-4-10(5-3-9)14-16-12-7-6-11(15)8-13(12)17-14/h2-8H,1H3. The molecule has 3 rings (SSSR count). The first-order valence-corrected chi connectivity index (χ1v) is 5.35. The highest BCUT2D eigenvalue weighted by Gasteiger charge is 2.08. The smallest absolute Gasteiger partial charge is 0.227 e. The lowest BCUT2D eigenvalue weighted by Gasteiger charge is -1.95. The second kappa shape index (κ2) is 3.70. The molecule has 2 nitrogen and oxygen atoms in total. The van der Waals surface area contributed by atoms with Gasteiger partial charge in [-0.25, -0.2) is 9.37 Å². The predicted molar refractivity (Wildman–Crippen MR) is 64.1 cm³/mol. The minimum atomic E-state index is -0.316. The van der Waals surface area contributed by atoms with Gasteiger partial charge in [0.15, 0.2) is 5.58 Å². The number of oxazole rings is 1. The summed E-state index contributed by atoms with van der Waals surface area (Å²) in [6, 6.07) is 12.2. The molecule has 0 bridgehead atoms. The van der Waals surface area contributed by atoms with Crippen LogP contribution in [0.1, 0.15) is 5.56 Å². The van der Waals surface area contributed by atoms with Crippen LogP contribution in [-0.4, -0.2) is 4.98 Å². The van der Waals surface area contributed by atoms with Gasteiger partial charge in [-0.15, -0.1) is 0 Å². The summed E-state index contributed by atoms with van der Waals surface area (Å²) in [5.74, 6) is 0.203. The molecule has 0 aliphatic carbocycles. The van der Waals surface area contributed by atoms with Crippen LogP contribution in [0.4, 0.5) is 4.39 Å². The summed E-state index contributed by atoms with van der Waals surface area (Å²) >= 11 is 0. The molecule has 1 aromatic heterocycles. The Morgan fingerprint density at radius 2 is 1.82 bits per heavy atom. The van der Waals surface area contributed by atoms with Gasteiger partial charge >= 0.3 is 0 Å². The van der Waals surface area contributed by atoms with Gasteiger partial charge in [0, 0.05) is 11.6 Å². The Kier molecular flexibility index (Phi) is 2.18. The summed E-state index contributed by atoms with van der Waals surface area (Å²) in [6.07, 6.45) is 0. The SMILES string of the molecule is Cc1ccc(-c2nc3ccc(F)cc3o2)cc1. The monoisotopic (exact) mass is 227 g/mol. The minimum Gasteiger partial charge on any atom is -0.436 e. The van der Waals surface area contributed by atoms with Crippen LogP contribution >= 0.6 is 0 Å². The molecule has 3 aromatic rings. The maximum Gasteiger partial charge on any atom is 0.227 e. The third kappa shape index (κ3) is 1.80. The molecule has 0 saturated carbocycles. The average Bonchev–Trinajstić information content (AvgIpc) is 2.72. The second-order valence-corrected chi connectivity index (χ2v) is 4.00. The van der Waals surface area contributed by atoms with E-state index in [9.17, 15) is 4.39 Å². The van der Waals surface area contributed by atoms with Crippen LogP contribution in [0.3, 0.4) is 0 Å². The summed E-state index contributed by atoms with van der Waals surface area (Å²) in [6.45, 7) is 2.02. The Bertz CT molecular complexity index is 670. The third-order valence-electron chi connectivity index (χ3n) is 2.65. The Balaban J connectivity index is 2.14. The van der Waals surface area contributed by atoms with E-state index in [1.54, 1.807) is 6.07 Å². The average molecular weight is 227 g/mol. The highest BCUT2D eigenvalue weighted by molar-refractivity contribution is 5.76. The van der Waals surface area contributed by atoms with Crippen LogP contribution in [0.5, 0.6) is 0 Å². The van der Waals surface area contributed by atoms with Gasteiger partial charge in [-0.2, -0.15) is 0 Å². The zero-order valence-electron chi connectivity index (χ0n) is 9.27. The zero-order valence-corrected chi connectivity index (χ0v) is 9.27. The molecule has 0 saturated heterocycles. The molecule has 0 unspecified atom stereocenters. The Labute approximate surface area is 97.7 Å². The molecule has 17 heavy (non-hydrogen) atoms. The van der Waals surface area contributed by atoms with Crippen molar-refractivity contribution in [2.75, 3.05) is 0 Å². The van der Waals surface area contributed by atoms with E-state index in [4.69, 9.17) is 4.42 Å². The molecule has 0 aliphatic rings. The molecular weight excluding hydrogens is 217 g/mol. The Morgan fingerprint density at radius 3 is 2.59 bits per heavy atom. The third-order valence-corrected chi connectivity index (χ3v) is 2.65. The van der Waals surface area contributed by atoms with Gasteiger partial charge in [0.05, 0.1) is 0 Å². The summed E-state index contributed by atoms with van der Waals surface area (Å²) in [7, 11) is 0. The number of halogens is 1. The molecule has 1 heterocycles. The first-order valence-electron chi connectivity index (χ1n) is 5.35. The van der Waals surface area contributed by atoms with Gasteiger partial charge in [-0.1, -0.05) is 17.7 Å². The van der Waals surface area contributed by atoms with Crippen LogP contribution in [0, 0.1) is 12.7 Å². The maximum atomic E-state index is 13.0. The van der Waals surface area contributed by atoms with Crippen LogP contribution in [0.15, 0.2) is 46.9 Å². The molecule has 0 N–H and O–H groups in total. The van der Waals surface area contributed by atoms with Gasteiger partial charge in [-0.05, 0) is 31.2 Å². The number of hydrogen-bond donors (Lipinski definition) is 0. The van der Waals surface area contributed by atoms with Crippen LogP contribution in [-0.2, 0) is 0 Å². The first kappa shape index (κ1) is 10.0. The topological polar surface area (TPSA) is 26.0 Å². The lowest BCUT2D eigenvalue weighted by atomic mass is 10.1. The van der Waals surface area contributed by atoms with E-state index in [2.05, 4.69) is 4.98 Å². The lowest BCUT2D eigenvalue weighted by molar-refractivity contribution is 0.602. The fourth-order valence-electron chi connectivity index (χ4n) is 1.72. The summed E-state index contributed by atoms with van der Waals surface area (Å²) in [5, 5.41) is 0. The molecule has 2 aromatic carbocycles. The zero-order chi connectivity index (χ0) is 11.8. The van der Waals surface area contributed by atoms with E-state index >= 15 is 0 Å². The number of hydrogen-bond acceptors (Lipinski definition) is 2. The molecule has 0 radical (unpaired) electrons. The summed E-state index contributed by atoms with van der Waals surface area (Å²) in [5.41, 5.74) is 3.21. The fraction of sp³-hybridized carbons (Fsp3) is 0.0714. The van der Waals surface area contributed by atoms with E-state index in [-0.39, 0.29) is 5.82 Å². The van der Waals surface area contributed by atoms with Gasteiger partial charge in [0.25, 0.3) is 0 Å². The van der Waals surface area contributed by atoms with Gasteiger partial charge in [-0.3, -0.25) is 0 Å². The maximum absolute atomic E-state index is 13.0. The fourth-order valence-corrected chi connectivity index (χ4v) is 1.72. The Morgan fingerprint density at radius 1 is 1.06 bits per heavy atom. The van der Waals surface area contributed by atoms with Crippen molar-refractivity contribution in [2.24, 2.45) is 0 Å². The molecule has 0 aliphatic heterocycles. The molecule has 0 amide bonds. The molecule has 0 fully saturated rings. The van der Waals surface area contributed by atoms with E-state index in [0.29, 0.717) is 17.0 Å². The Hall–Kier alpha value is -2.16. The molecular formula is C14H10FNO. The largest absolute Gasteiger partial charge is 0.436 e. The van der Waals surface area contributed by atoms with Crippen molar-refractivity contribution < 1.29 is 8.81 Å². The molecule has 84 valence electrons. The van der Waals surface area contributed by atoms with Crippen molar-refractivity contribution in [2.45, 2.75) is 6.92 Å². The van der Waals surface area contributed by atoms with Crippen molar-refractivity contribution in [1.29, 1.82) is 0 Å². The van der Waals surface area contributed by atoms with Crippen LogP contribution < -0.4 is 0 Å². The highest BCUT2D eigenvalue weighted by Crippen LogP contribution is 2.24. The van der Waals surface area contributed by atoms with Crippen LogP contribution in [0.2, 0.25) is 0 Å². The molecule has 0 atom stereocenters. The number of aryl methyl sites for hydroxylation is 1.